The Labute approximate surface area is 200 Å². The van der Waals surface area contributed by atoms with E-state index in [0.29, 0.717) is 30.8 Å². The van der Waals surface area contributed by atoms with Crippen LogP contribution in [0.15, 0.2) is 40.2 Å². The first-order valence-corrected chi connectivity index (χ1v) is 12.1. The van der Waals surface area contributed by atoms with E-state index >= 15 is 0 Å². The molecule has 3 rings (SSSR count). The van der Waals surface area contributed by atoms with Gasteiger partial charge in [-0.1, -0.05) is 38.3 Å². The van der Waals surface area contributed by atoms with Crippen molar-refractivity contribution >= 4 is 11.2 Å². The number of nitrogens with zero attached hydrogens (tertiary/aromatic N) is 4. The average Bonchev–Trinajstić information content (AvgIpc) is 3.27. The predicted molar refractivity (Wildman–Crippen MR) is 133 cm³/mol. The molecule has 186 valence electrons. The number of benzene rings is 1. The maximum absolute atomic E-state index is 12.5. The number of aliphatic hydroxyl groups is 1. The lowest BCUT2D eigenvalue weighted by molar-refractivity contribution is 0.106. The van der Waals surface area contributed by atoms with Gasteiger partial charge in [0.25, 0.3) is 5.56 Å². The lowest BCUT2D eigenvalue weighted by Gasteiger charge is -2.14. The van der Waals surface area contributed by atoms with Crippen molar-refractivity contribution in [3.63, 3.8) is 0 Å². The lowest BCUT2D eigenvalue weighted by atomic mass is 10.1. The smallest absolute Gasteiger partial charge is 0.332 e. The largest absolute Gasteiger partial charge is 0.491 e. The van der Waals surface area contributed by atoms with E-state index in [-0.39, 0.29) is 17.9 Å². The molecule has 0 spiro atoms. The van der Waals surface area contributed by atoms with E-state index in [9.17, 15) is 14.7 Å². The highest BCUT2D eigenvalue weighted by Crippen LogP contribution is 2.15. The minimum Gasteiger partial charge on any atom is -0.491 e. The summed E-state index contributed by atoms with van der Waals surface area (Å²) in [5.74, 6) is 0.763. The zero-order valence-electron chi connectivity index (χ0n) is 20.5. The van der Waals surface area contributed by atoms with Crippen molar-refractivity contribution in [3.05, 3.63) is 57.0 Å². The van der Waals surface area contributed by atoms with Gasteiger partial charge in [-0.25, -0.2) is 9.78 Å². The van der Waals surface area contributed by atoms with E-state index in [0.717, 1.165) is 23.2 Å². The molecule has 0 aliphatic carbocycles. The second-order valence-electron chi connectivity index (χ2n) is 8.79. The lowest BCUT2D eigenvalue weighted by Crippen LogP contribution is -2.37. The summed E-state index contributed by atoms with van der Waals surface area (Å²) >= 11 is 0. The standard InChI is InChI=1S/C25H37N5O4/c1-4-5-6-7-9-19-10-12-21(13-11-19)34-17-20(31)16-26-14-8-15-30-18-27-23-22(30)24(32)29(3)25(33)28(23)2/h10-13,18,20,26,31H,4-9,14-17H2,1-3H3. The SMILES string of the molecule is CCCCCCc1ccc(OCC(O)CNCCCn2cnc3c2c(=O)n(C)c(=O)n3C)cc1. The number of hydrogen-bond donors (Lipinski definition) is 2. The van der Waals surface area contributed by atoms with E-state index in [4.69, 9.17) is 4.74 Å². The number of unbranched alkanes of at least 4 members (excludes halogenated alkanes) is 3. The van der Waals surface area contributed by atoms with Crippen LogP contribution in [0, 0.1) is 0 Å². The Kier molecular flexibility index (Phi) is 9.47. The van der Waals surface area contributed by atoms with Gasteiger partial charge in [0.1, 0.15) is 18.5 Å². The van der Waals surface area contributed by atoms with Crippen molar-refractivity contribution in [1.82, 2.24) is 24.0 Å². The van der Waals surface area contributed by atoms with Crippen LogP contribution < -0.4 is 21.3 Å². The summed E-state index contributed by atoms with van der Waals surface area (Å²) in [6.45, 7) is 4.09. The molecule has 0 fully saturated rings. The Morgan fingerprint density at radius 3 is 2.56 bits per heavy atom. The van der Waals surface area contributed by atoms with Gasteiger partial charge in [0.05, 0.1) is 6.33 Å². The van der Waals surface area contributed by atoms with Crippen molar-refractivity contribution in [1.29, 1.82) is 0 Å². The third-order valence-corrected chi connectivity index (χ3v) is 6.03. The van der Waals surface area contributed by atoms with Crippen LogP contribution >= 0.6 is 0 Å². The van der Waals surface area contributed by atoms with E-state index in [1.165, 1.54) is 42.9 Å². The van der Waals surface area contributed by atoms with Crippen LogP contribution in [0.4, 0.5) is 0 Å². The van der Waals surface area contributed by atoms with Crippen LogP contribution in [0.3, 0.4) is 0 Å². The van der Waals surface area contributed by atoms with Gasteiger partial charge in [-0.15, -0.1) is 0 Å². The van der Waals surface area contributed by atoms with Gasteiger partial charge in [-0.3, -0.25) is 13.9 Å². The van der Waals surface area contributed by atoms with E-state index in [2.05, 4.69) is 29.4 Å². The van der Waals surface area contributed by atoms with E-state index in [1.807, 2.05) is 12.1 Å². The highest BCUT2D eigenvalue weighted by molar-refractivity contribution is 5.69. The maximum Gasteiger partial charge on any atom is 0.332 e. The Morgan fingerprint density at radius 2 is 1.82 bits per heavy atom. The normalized spacial score (nSPS) is 12.4. The number of nitrogens with one attached hydrogen (secondary N) is 1. The summed E-state index contributed by atoms with van der Waals surface area (Å²) in [6, 6.07) is 8.11. The fraction of sp³-hybridized carbons (Fsp3) is 0.560. The Balaban J connectivity index is 1.36. The van der Waals surface area contributed by atoms with Crippen LogP contribution in [0.2, 0.25) is 0 Å². The Morgan fingerprint density at radius 1 is 1.06 bits per heavy atom. The van der Waals surface area contributed by atoms with Crippen molar-refractivity contribution < 1.29 is 9.84 Å². The van der Waals surface area contributed by atoms with Crippen molar-refractivity contribution in [2.45, 2.75) is 58.1 Å². The monoisotopic (exact) mass is 471 g/mol. The molecule has 2 aromatic heterocycles. The zero-order chi connectivity index (χ0) is 24.5. The molecule has 1 unspecified atom stereocenters. The molecular formula is C25H37N5O4. The first kappa shape index (κ1) is 25.7. The number of aromatic nitrogens is 4. The third-order valence-electron chi connectivity index (χ3n) is 6.03. The van der Waals surface area contributed by atoms with E-state index in [1.54, 1.807) is 17.9 Å². The molecule has 0 aliphatic rings. The summed E-state index contributed by atoms with van der Waals surface area (Å²) in [5.41, 5.74) is 1.39. The predicted octanol–water partition coefficient (Wildman–Crippen LogP) is 1.98. The number of ether oxygens (including phenoxy) is 1. The highest BCUT2D eigenvalue weighted by Gasteiger charge is 2.14. The van der Waals surface area contributed by atoms with Crippen LogP contribution in [0.25, 0.3) is 11.2 Å². The van der Waals surface area contributed by atoms with Gasteiger partial charge in [0, 0.05) is 27.2 Å². The van der Waals surface area contributed by atoms with Gasteiger partial charge in [0.2, 0.25) is 0 Å². The fourth-order valence-corrected chi connectivity index (χ4v) is 3.97. The molecule has 0 saturated carbocycles. The maximum atomic E-state index is 12.5. The molecule has 0 radical (unpaired) electrons. The highest BCUT2D eigenvalue weighted by atomic mass is 16.5. The van der Waals surface area contributed by atoms with Crippen LogP contribution in [-0.2, 0) is 27.1 Å². The molecule has 1 atom stereocenters. The molecule has 9 heteroatoms. The molecule has 2 heterocycles. The van der Waals surface area contributed by atoms with Gasteiger partial charge < -0.3 is 19.7 Å². The summed E-state index contributed by atoms with van der Waals surface area (Å²) in [7, 11) is 3.07. The third kappa shape index (κ3) is 6.57. The number of rotatable bonds is 14. The van der Waals surface area contributed by atoms with Crippen molar-refractivity contribution in [3.8, 4) is 5.75 Å². The first-order valence-electron chi connectivity index (χ1n) is 12.1. The summed E-state index contributed by atoms with van der Waals surface area (Å²) in [4.78, 5) is 28.7. The van der Waals surface area contributed by atoms with Gasteiger partial charge >= 0.3 is 5.69 Å². The second-order valence-corrected chi connectivity index (χ2v) is 8.79. The fourth-order valence-electron chi connectivity index (χ4n) is 3.97. The Bertz CT molecular complexity index is 1160. The summed E-state index contributed by atoms with van der Waals surface area (Å²) < 4.78 is 9.95. The quantitative estimate of drug-likeness (QED) is 0.349. The molecule has 34 heavy (non-hydrogen) atoms. The molecule has 2 N–H and O–H groups in total. The van der Waals surface area contributed by atoms with Gasteiger partial charge in [-0.05, 0) is 43.5 Å². The molecule has 9 nitrogen and oxygen atoms in total. The topological polar surface area (TPSA) is 103 Å². The molecule has 0 aliphatic heterocycles. The van der Waals surface area contributed by atoms with Crippen molar-refractivity contribution in [2.24, 2.45) is 14.1 Å². The summed E-state index contributed by atoms with van der Waals surface area (Å²) in [5, 5.41) is 13.4. The number of aryl methyl sites for hydroxylation is 3. The van der Waals surface area contributed by atoms with Crippen LogP contribution in [0.1, 0.15) is 44.6 Å². The molecular weight excluding hydrogens is 434 g/mol. The number of fused-ring (bicyclic) bond motifs is 1. The van der Waals surface area contributed by atoms with E-state index < -0.39 is 6.10 Å². The van der Waals surface area contributed by atoms with Crippen molar-refractivity contribution in [2.75, 3.05) is 19.7 Å². The molecule has 3 aromatic rings. The number of hydrogen-bond acceptors (Lipinski definition) is 6. The van der Waals surface area contributed by atoms with Gasteiger partial charge in [-0.2, -0.15) is 0 Å². The van der Waals surface area contributed by atoms with Crippen LogP contribution in [-0.4, -0.2) is 49.6 Å². The number of imidazole rings is 1. The Hall–Kier alpha value is -2.91. The first-order chi connectivity index (χ1) is 16.4. The molecule has 0 bridgehead atoms. The minimum atomic E-state index is -0.621. The molecule has 1 aromatic carbocycles. The van der Waals surface area contributed by atoms with Gasteiger partial charge in [0.15, 0.2) is 11.2 Å². The summed E-state index contributed by atoms with van der Waals surface area (Å²) in [6.07, 6.45) is 7.82. The molecule has 0 amide bonds. The average molecular weight is 472 g/mol. The second kappa shape index (κ2) is 12.5. The molecule has 0 saturated heterocycles. The minimum absolute atomic E-state index is 0.221. The zero-order valence-corrected chi connectivity index (χ0v) is 20.5. The number of aliphatic hydroxyl groups excluding tert-OH is 1. The van der Waals surface area contributed by atoms with Crippen LogP contribution in [0.5, 0.6) is 5.75 Å².